The zero-order chi connectivity index (χ0) is 21.8. The number of nitrogens with one attached hydrogen (secondary N) is 1. The Balaban J connectivity index is 1.73. The van der Waals surface area contributed by atoms with Gasteiger partial charge in [0.15, 0.2) is 0 Å². The molecule has 4 rings (SSSR count). The number of carbonyl (C=O) groups excluding carboxylic acids is 1. The van der Waals surface area contributed by atoms with Crippen LogP contribution in [-0.2, 0) is 4.79 Å². The Bertz CT molecular complexity index is 1260. The highest BCUT2D eigenvalue weighted by molar-refractivity contribution is 6.05. The number of allylic oxidation sites excluding steroid dienone is 1. The molecular formula is C26H24N2O3. The Morgan fingerprint density at radius 1 is 1.16 bits per heavy atom. The number of ether oxygens (including phenoxy) is 1. The zero-order valence-electron chi connectivity index (χ0n) is 17.8. The van der Waals surface area contributed by atoms with Crippen LogP contribution in [0.25, 0.3) is 27.7 Å². The summed E-state index contributed by atoms with van der Waals surface area (Å²) >= 11 is 0. The number of aryl methyl sites for hydroxylation is 1. The number of amides is 1. The molecule has 2 heterocycles. The van der Waals surface area contributed by atoms with E-state index in [1.165, 1.54) is 0 Å². The standard InChI is InChI=1S/C26H24N2O3/c1-4-30-23-15-24-21(22(16-31-24)19-10-6-5-7-11-19)14-20(23)18(3)13-25(29)28-26-17(2)9-8-12-27-26/h5-16H,4H2,1-3H3,(H,27,28,29)/b18-13+. The molecule has 1 amide bonds. The van der Waals surface area contributed by atoms with Crippen molar-refractivity contribution in [2.45, 2.75) is 20.8 Å². The maximum atomic E-state index is 12.6. The molecule has 0 saturated heterocycles. The number of fused-ring (bicyclic) bond motifs is 1. The highest BCUT2D eigenvalue weighted by Gasteiger charge is 2.15. The van der Waals surface area contributed by atoms with Crippen LogP contribution in [0.5, 0.6) is 5.75 Å². The molecule has 0 spiro atoms. The van der Waals surface area contributed by atoms with E-state index < -0.39 is 0 Å². The van der Waals surface area contributed by atoms with E-state index in [0.717, 1.165) is 38.8 Å². The topological polar surface area (TPSA) is 64.4 Å². The van der Waals surface area contributed by atoms with E-state index in [4.69, 9.17) is 9.15 Å². The number of nitrogens with zero attached hydrogens (tertiary/aromatic N) is 1. The van der Waals surface area contributed by atoms with Gasteiger partial charge in [-0.25, -0.2) is 4.98 Å². The van der Waals surface area contributed by atoms with E-state index in [9.17, 15) is 4.79 Å². The van der Waals surface area contributed by atoms with E-state index in [0.29, 0.717) is 18.2 Å². The third kappa shape index (κ3) is 4.36. The first kappa shape index (κ1) is 20.4. The summed E-state index contributed by atoms with van der Waals surface area (Å²) in [7, 11) is 0. The van der Waals surface area contributed by atoms with Gasteiger partial charge in [0.25, 0.3) is 0 Å². The number of furan rings is 1. The van der Waals surface area contributed by atoms with Crippen molar-refractivity contribution in [1.82, 2.24) is 4.98 Å². The monoisotopic (exact) mass is 412 g/mol. The van der Waals surface area contributed by atoms with Gasteiger partial charge in [-0.2, -0.15) is 0 Å². The molecule has 0 aliphatic carbocycles. The Morgan fingerprint density at radius 3 is 2.71 bits per heavy atom. The summed E-state index contributed by atoms with van der Waals surface area (Å²) in [6.45, 7) is 6.25. The Hall–Kier alpha value is -3.86. The lowest BCUT2D eigenvalue weighted by molar-refractivity contribution is -0.111. The van der Waals surface area contributed by atoms with Crippen LogP contribution >= 0.6 is 0 Å². The van der Waals surface area contributed by atoms with E-state index in [2.05, 4.69) is 10.3 Å². The zero-order valence-corrected chi connectivity index (χ0v) is 17.8. The normalized spacial score (nSPS) is 11.5. The fourth-order valence-corrected chi connectivity index (χ4v) is 3.52. The Labute approximate surface area is 181 Å². The van der Waals surface area contributed by atoms with Gasteiger partial charge in [-0.15, -0.1) is 0 Å². The first-order valence-electron chi connectivity index (χ1n) is 10.2. The molecule has 0 unspecified atom stereocenters. The summed E-state index contributed by atoms with van der Waals surface area (Å²) in [5.41, 5.74) is 5.36. The molecule has 1 N–H and O–H groups in total. The van der Waals surface area contributed by atoms with E-state index >= 15 is 0 Å². The van der Waals surface area contributed by atoms with Crippen molar-refractivity contribution in [2.24, 2.45) is 0 Å². The molecule has 0 atom stereocenters. The van der Waals surface area contributed by atoms with Crippen LogP contribution < -0.4 is 10.1 Å². The molecular weight excluding hydrogens is 388 g/mol. The van der Waals surface area contributed by atoms with Crippen molar-refractivity contribution in [3.63, 3.8) is 0 Å². The summed E-state index contributed by atoms with van der Waals surface area (Å²) in [5.74, 6) is 0.995. The number of anilines is 1. The predicted octanol–water partition coefficient (Wildman–Crippen LogP) is 6.24. The number of benzene rings is 2. The van der Waals surface area contributed by atoms with Crippen molar-refractivity contribution in [3.05, 3.63) is 84.3 Å². The first-order chi connectivity index (χ1) is 15.1. The van der Waals surface area contributed by atoms with Crippen LogP contribution in [0.2, 0.25) is 0 Å². The lowest BCUT2D eigenvalue weighted by atomic mass is 9.99. The van der Waals surface area contributed by atoms with E-state index in [1.807, 2.05) is 75.4 Å². The van der Waals surface area contributed by atoms with Gasteiger partial charge in [-0.3, -0.25) is 4.79 Å². The van der Waals surface area contributed by atoms with Gasteiger partial charge in [-0.05, 0) is 49.6 Å². The van der Waals surface area contributed by atoms with Crippen molar-refractivity contribution >= 4 is 28.3 Å². The molecule has 5 nitrogen and oxygen atoms in total. The van der Waals surface area contributed by atoms with Gasteiger partial charge in [0.1, 0.15) is 17.2 Å². The van der Waals surface area contributed by atoms with Crippen LogP contribution in [0.4, 0.5) is 5.82 Å². The number of rotatable bonds is 6. The minimum absolute atomic E-state index is 0.239. The molecule has 2 aromatic heterocycles. The van der Waals surface area contributed by atoms with Gasteiger partial charge in [-0.1, -0.05) is 36.4 Å². The third-order valence-corrected chi connectivity index (χ3v) is 5.08. The molecule has 0 radical (unpaired) electrons. The smallest absolute Gasteiger partial charge is 0.249 e. The average Bonchev–Trinajstić information content (AvgIpc) is 3.18. The van der Waals surface area contributed by atoms with Gasteiger partial charge in [0.05, 0.1) is 12.9 Å². The minimum Gasteiger partial charge on any atom is -0.493 e. The quantitative estimate of drug-likeness (QED) is 0.381. The second kappa shape index (κ2) is 8.88. The number of carbonyl (C=O) groups is 1. The van der Waals surface area contributed by atoms with Crippen molar-refractivity contribution in [2.75, 3.05) is 11.9 Å². The molecule has 0 bridgehead atoms. The summed E-state index contributed by atoms with van der Waals surface area (Å²) < 4.78 is 11.7. The second-order valence-electron chi connectivity index (χ2n) is 7.28. The number of hydrogen-bond donors (Lipinski definition) is 1. The highest BCUT2D eigenvalue weighted by Crippen LogP contribution is 2.37. The van der Waals surface area contributed by atoms with Crippen molar-refractivity contribution in [3.8, 4) is 16.9 Å². The maximum absolute atomic E-state index is 12.6. The molecule has 2 aromatic carbocycles. The highest BCUT2D eigenvalue weighted by atomic mass is 16.5. The molecule has 156 valence electrons. The SMILES string of the molecule is CCOc1cc2occ(-c3ccccc3)c2cc1/C(C)=C/C(=O)Nc1ncccc1C. The first-order valence-corrected chi connectivity index (χ1v) is 10.2. The number of pyridine rings is 1. The van der Waals surface area contributed by atoms with Crippen LogP contribution in [0.1, 0.15) is 25.0 Å². The average molecular weight is 412 g/mol. The lowest BCUT2D eigenvalue weighted by Crippen LogP contribution is -2.11. The van der Waals surface area contributed by atoms with Crippen molar-refractivity contribution < 1.29 is 13.9 Å². The molecule has 0 fully saturated rings. The van der Waals surface area contributed by atoms with Gasteiger partial charge < -0.3 is 14.5 Å². The number of hydrogen-bond acceptors (Lipinski definition) is 4. The van der Waals surface area contributed by atoms with Crippen LogP contribution in [0, 0.1) is 6.92 Å². The number of aromatic nitrogens is 1. The van der Waals surface area contributed by atoms with Gasteiger partial charge in [0, 0.05) is 34.9 Å². The van der Waals surface area contributed by atoms with E-state index in [1.54, 1.807) is 18.5 Å². The lowest BCUT2D eigenvalue weighted by Gasteiger charge is -2.12. The summed E-state index contributed by atoms with van der Waals surface area (Å²) in [5, 5.41) is 3.82. The second-order valence-corrected chi connectivity index (χ2v) is 7.28. The molecule has 0 aliphatic rings. The Kier molecular flexibility index (Phi) is 5.85. The van der Waals surface area contributed by atoms with Crippen LogP contribution in [0.3, 0.4) is 0 Å². The Morgan fingerprint density at radius 2 is 1.97 bits per heavy atom. The van der Waals surface area contributed by atoms with Crippen LogP contribution in [0.15, 0.2) is 77.6 Å². The summed E-state index contributed by atoms with van der Waals surface area (Å²) in [6.07, 6.45) is 4.99. The largest absolute Gasteiger partial charge is 0.493 e. The summed E-state index contributed by atoms with van der Waals surface area (Å²) in [4.78, 5) is 16.9. The molecule has 4 aromatic rings. The fraction of sp³-hybridized carbons (Fsp3) is 0.154. The summed E-state index contributed by atoms with van der Waals surface area (Å²) in [6, 6.07) is 17.7. The minimum atomic E-state index is -0.239. The van der Waals surface area contributed by atoms with Crippen LogP contribution in [-0.4, -0.2) is 17.5 Å². The van der Waals surface area contributed by atoms with Gasteiger partial charge >= 0.3 is 0 Å². The molecule has 31 heavy (non-hydrogen) atoms. The fourth-order valence-electron chi connectivity index (χ4n) is 3.52. The molecule has 0 saturated carbocycles. The molecule has 0 aliphatic heterocycles. The van der Waals surface area contributed by atoms with Gasteiger partial charge in [0.2, 0.25) is 5.91 Å². The van der Waals surface area contributed by atoms with Crippen molar-refractivity contribution in [1.29, 1.82) is 0 Å². The predicted molar refractivity (Wildman–Crippen MR) is 124 cm³/mol. The van der Waals surface area contributed by atoms with E-state index in [-0.39, 0.29) is 5.91 Å². The maximum Gasteiger partial charge on any atom is 0.249 e. The third-order valence-electron chi connectivity index (χ3n) is 5.08. The molecule has 5 heteroatoms.